The molecule has 1 aromatic heterocycles. The minimum absolute atomic E-state index is 0.0228. The van der Waals surface area contributed by atoms with Gasteiger partial charge in [0.2, 0.25) is 23.6 Å². The van der Waals surface area contributed by atoms with Gasteiger partial charge < -0.3 is 30.3 Å². The maximum atomic E-state index is 14.2. The van der Waals surface area contributed by atoms with Crippen molar-refractivity contribution in [3.63, 3.8) is 0 Å². The topological polar surface area (TPSA) is 157 Å². The van der Waals surface area contributed by atoms with E-state index >= 15 is 0 Å². The highest BCUT2D eigenvalue weighted by atomic mass is 33.1. The van der Waals surface area contributed by atoms with Gasteiger partial charge in [-0.15, -0.1) is 5.10 Å². The fourth-order valence-electron chi connectivity index (χ4n) is 7.37. The van der Waals surface area contributed by atoms with Crippen LogP contribution in [0, 0.1) is 5.41 Å². The van der Waals surface area contributed by atoms with Gasteiger partial charge >= 0.3 is 0 Å². The molecule has 1 aliphatic heterocycles. The monoisotopic (exact) mass is 922 g/mol. The number of carbonyl (C=O) groups excluding carboxylic acids is 4. The molecule has 3 N–H and O–H groups in total. The smallest absolute Gasteiger partial charge is 0.227 e. The van der Waals surface area contributed by atoms with Gasteiger partial charge in [0.1, 0.15) is 5.69 Å². The van der Waals surface area contributed by atoms with Gasteiger partial charge in [0.15, 0.2) is 0 Å². The second kappa shape index (κ2) is 24.0. The van der Waals surface area contributed by atoms with Gasteiger partial charge in [-0.2, -0.15) is 0 Å². The summed E-state index contributed by atoms with van der Waals surface area (Å²) in [6.45, 7) is 25.2. The molecule has 2 heterocycles. The highest BCUT2D eigenvalue weighted by Gasteiger charge is 2.32. The van der Waals surface area contributed by atoms with E-state index in [1.165, 1.54) is 0 Å². The van der Waals surface area contributed by atoms with E-state index in [1.54, 1.807) is 4.90 Å². The van der Waals surface area contributed by atoms with Crippen molar-refractivity contribution < 1.29 is 28.7 Å². The third-order valence-corrected chi connectivity index (χ3v) is 14.6. The van der Waals surface area contributed by atoms with Gasteiger partial charge in [-0.3, -0.25) is 19.2 Å². The lowest BCUT2D eigenvalue weighted by Gasteiger charge is -2.31. The third-order valence-electron chi connectivity index (χ3n) is 11.6. The molecule has 1 aliphatic rings. The van der Waals surface area contributed by atoms with Gasteiger partial charge in [0.05, 0.1) is 29.1 Å². The number of benzene rings is 2. The highest BCUT2D eigenvalue weighted by Crippen LogP contribution is 2.41. The molecule has 0 saturated heterocycles. The summed E-state index contributed by atoms with van der Waals surface area (Å²) in [6, 6.07) is 15.8. The van der Waals surface area contributed by atoms with Crippen LogP contribution in [0.1, 0.15) is 133 Å². The first-order valence-electron chi connectivity index (χ1n) is 23.0. The van der Waals surface area contributed by atoms with Crippen LogP contribution in [0.5, 0.6) is 0 Å². The second-order valence-corrected chi connectivity index (χ2v) is 22.2. The first-order valence-corrected chi connectivity index (χ1v) is 25.4. The van der Waals surface area contributed by atoms with Gasteiger partial charge in [0.25, 0.3) is 0 Å². The number of nitrogens with zero attached hydrogens (tertiary/aromatic N) is 4. The third kappa shape index (κ3) is 16.2. The number of carbonyl (C=O) groups is 4. The number of rotatable bonds is 26. The Balaban J connectivity index is 1.34. The molecular weight excluding hydrogens is 847 g/mol. The summed E-state index contributed by atoms with van der Waals surface area (Å²) in [5.41, 5.74) is 3.11. The molecule has 0 spiro atoms. The van der Waals surface area contributed by atoms with Crippen LogP contribution in [0.25, 0.3) is 22.5 Å². The lowest BCUT2D eigenvalue weighted by molar-refractivity contribution is -0.131. The van der Waals surface area contributed by atoms with Gasteiger partial charge in [-0.05, 0) is 99.1 Å². The second-order valence-electron chi connectivity index (χ2n) is 19.3. The first kappa shape index (κ1) is 52.7. The SMILES string of the molecule is CCNC(=O)CCC(C)SSCCC(C)(C)OCCC(C)(C)NC(=O)CCC(=O)N1Cc2ccccc2-c2c(nnn2CCC(C)(C)OCCC(C)(C)C(=O)NCC)-c2ccccc21. The van der Waals surface area contributed by atoms with Crippen molar-refractivity contribution in [2.75, 3.05) is 37.0 Å². The predicted molar refractivity (Wildman–Crippen MR) is 262 cm³/mol. The largest absolute Gasteiger partial charge is 0.375 e. The van der Waals surface area contributed by atoms with E-state index in [1.807, 2.05) is 110 Å². The average molecular weight is 922 g/mol. The molecule has 4 rings (SSSR count). The van der Waals surface area contributed by atoms with Gasteiger partial charge in [-0.1, -0.05) is 90.0 Å². The minimum atomic E-state index is -0.534. The quantitative estimate of drug-likeness (QED) is 0.0524. The Labute approximate surface area is 390 Å². The van der Waals surface area contributed by atoms with Crippen molar-refractivity contribution in [3.05, 3.63) is 54.1 Å². The molecule has 3 aromatic rings. The number of ether oxygens (including phenoxy) is 2. The molecule has 64 heavy (non-hydrogen) atoms. The Bertz CT molecular complexity index is 2020. The minimum Gasteiger partial charge on any atom is -0.375 e. The number of aryl methyl sites for hydroxylation is 1. The van der Waals surface area contributed by atoms with E-state index in [4.69, 9.17) is 14.6 Å². The normalized spacial score (nSPS) is 13.5. The number of amides is 4. The van der Waals surface area contributed by atoms with Crippen molar-refractivity contribution in [2.24, 2.45) is 5.41 Å². The summed E-state index contributed by atoms with van der Waals surface area (Å²) >= 11 is 0. The van der Waals surface area contributed by atoms with Gasteiger partial charge in [-0.25, -0.2) is 4.68 Å². The molecule has 2 aromatic carbocycles. The number of fused-ring (bicyclic) bond motifs is 5. The van der Waals surface area contributed by atoms with E-state index in [0.717, 1.165) is 46.7 Å². The molecule has 13 nitrogen and oxygen atoms in total. The highest BCUT2D eigenvalue weighted by molar-refractivity contribution is 8.76. The standard InChI is InChI=1S/C49H75N7O6S2/c1-12-50-40(57)23-22-35(3)64-63-33-29-49(10,11)62-32-28-47(6,7)52-41(58)24-25-42(59)55-34-36-18-14-15-19-37(36)44-43(38-20-16-17-21-39(38)55)53-54-56(44)30-26-48(8,9)61-31-27-46(4,5)45(60)51-13-2/h14-21,35H,12-13,22-34H2,1-11H3,(H,50,57)(H,51,60)(H,52,58). The van der Waals surface area contributed by atoms with E-state index in [-0.39, 0.29) is 42.1 Å². The van der Waals surface area contributed by atoms with Crippen LogP contribution in [0.3, 0.4) is 0 Å². The number of hydrogen-bond donors (Lipinski definition) is 3. The Hall–Kier alpha value is -3.92. The zero-order valence-electron chi connectivity index (χ0n) is 40.4. The maximum Gasteiger partial charge on any atom is 0.227 e. The Morgan fingerprint density at radius 1 is 0.766 bits per heavy atom. The lowest BCUT2D eigenvalue weighted by atomic mass is 9.88. The van der Waals surface area contributed by atoms with E-state index < -0.39 is 16.6 Å². The number of anilines is 1. The number of aromatic nitrogens is 3. The van der Waals surface area contributed by atoms with Crippen molar-refractivity contribution in [3.8, 4) is 22.5 Å². The van der Waals surface area contributed by atoms with Crippen molar-refractivity contribution in [1.82, 2.24) is 30.9 Å². The Kier molecular flexibility index (Phi) is 19.8. The van der Waals surface area contributed by atoms with Crippen LogP contribution in [0.15, 0.2) is 48.5 Å². The molecule has 4 amide bonds. The molecule has 0 aliphatic carbocycles. The first-order chi connectivity index (χ1) is 30.2. The summed E-state index contributed by atoms with van der Waals surface area (Å²) in [5.74, 6) is 0.726. The zero-order chi connectivity index (χ0) is 47.1. The fourth-order valence-corrected chi connectivity index (χ4v) is 10.0. The molecule has 0 fully saturated rings. The van der Waals surface area contributed by atoms with Crippen LogP contribution in [0.2, 0.25) is 0 Å². The Morgan fingerprint density at radius 3 is 2.11 bits per heavy atom. The molecule has 0 radical (unpaired) electrons. The maximum absolute atomic E-state index is 14.2. The number of hydrogen-bond acceptors (Lipinski definition) is 10. The summed E-state index contributed by atoms with van der Waals surface area (Å²) in [4.78, 5) is 53.6. The van der Waals surface area contributed by atoms with Crippen LogP contribution >= 0.6 is 21.6 Å². The molecule has 1 atom stereocenters. The molecule has 1 unspecified atom stereocenters. The van der Waals surface area contributed by atoms with Crippen LogP contribution in [-0.4, -0.2) is 92.7 Å². The van der Waals surface area contributed by atoms with Crippen LogP contribution in [0.4, 0.5) is 5.69 Å². The van der Waals surface area contributed by atoms with Gasteiger partial charge in [0, 0.05) is 85.2 Å². The summed E-state index contributed by atoms with van der Waals surface area (Å²) in [7, 11) is 3.63. The average Bonchev–Trinajstić information content (AvgIpc) is 3.64. The molecule has 0 saturated carbocycles. The van der Waals surface area contributed by atoms with Crippen molar-refractivity contribution in [1.29, 1.82) is 0 Å². The molecule has 0 bridgehead atoms. The van der Waals surface area contributed by atoms with Crippen LogP contribution < -0.4 is 20.9 Å². The zero-order valence-corrected chi connectivity index (χ0v) is 42.0. The molecular formula is C49H75N7O6S2. The summed E-state index contributed by atoms with van der Waals surface area (Å²) < 4.78 is 14.6. The molecule has 15 heteroatoms. The van der Waals surface area contributed by atoms with Crippen molar-refractivity contribution >= 4 is 50.9 Å². The van der Waals surface area contributed by atoms with E-state index in [9.17, 15) is 19.2 Å². The van der Waals surface area contributed by atoms with E-state index in [0.29, 0.717) is 76.0 Å². The summed E-state index contributed by atoms with van der Waals surface area (Å²) in [5, 5.41) is 18.7. The fraction of sp³-hybridized carbons (Fsp3) is 0.633. The Morgan fingerprint density at radius 2 is 1.41 bits per heavy atom. The number of para-hydroxylation sites is 1. The molecule has 354 valence electrons. The predicted octanol–water partition coefficient (Wildman–Crippen LogP) is 9.13. The van der Waals surface area contributed by atoms with Crippen molar-refractivity contribution in [2.45, 2.75) is 163 Å². The summed E-state index contributed by atoms with van der Waals surface area (Å²) in [6.07, 6.45) is 4.25. The van der Waals surface area contributed by atoms with Crippen LogP contribution in [-0.2, 0) is 41.7 Å². The lowest BCUT2D eigenvalue weighted by Crippen LogP contribution is -2.45. The van der Waals surface area contributed by atoms with E-state index in [2.05, 4.69) is 61.8 Å². The number of nitrogens with one attached hydrogen (secondary N) is 3.